The third-order valence-corrected chi connectivity index (χ3v) is 5.94. The Kier molecular flexibility index (Phi) is 5.86. The Morgan fingerprint density at radius 3 is 2.60 bits per heavy atom. The van der Waals surface area contributed by atoms with E-state index in [-0.39, 0.29) is 23.9 Å². The normalized spacial score (nSPS) is 14.3. The summed E-state index contributed by atoms with van der Waals surface area (Å²) in [6.07, 6.45) is -3.49. The minimum Gasteiger partial charge on any atom is -0.389 e. The number of pyridine rings is 2. The third-order valence-electron chi connectivity index (χ3n) is 5.70. The summed E-state index contributed by atoms with van der Waals surface area (Å²) in [5.74, 6) is 0.153. The van der Waals surface area contributed by atoms with E-state index in [4.69, 9.17) is 11.6 Å². The highest BCUT2D eigenvalue weighted by molar-refractivity contribution is 6.30. The molecule has 3 aromatic heterocycles. The lowest BCUT2D eigenvalue weighted by atomic mass is 10.2. The number of carbonyl (C=O) groups excluding carboxylic acids is 1. The molecule has 0 saturated carbocycles. The van der Waals surface area contributed by atoms with Crippen LogP contribution in [0.1, 0.15) is 21.7 Å². The SMILES string of the molecule is O=C(Nc1ccc(N2CC(O)C2)nc1)c1cc2nc(C(F)(F)F)ccc2n1Cc1cccc(Cl)c1. The first-order valence-corrected chi connectivity index (χ1v) is 11.1. The fraction of sp³-hybridized carbons (Fsp3) is 0.208. The summed E-state index contributed by atoms with van der Waals surface area (Å²) in [6.45, 7) is 1.19. The summed E-state index contributed by atoms with van der Waals surface area (Å²) in [5, 5.41) is 12.7. The van der Waals surface area contributed by atoms with Gasteiger partial charge in [-0.1, -0.05) is 23.7 Å². The molecular formula is C24H19ClF3N5O2. The van der Waals surface area contributed by atoms with Gasteiger partial charge in [-0.05, 0) is 48.0 Å². The van der Waals surface area contributed by atoms with Crippen LogP contribution in [0.3, 0.4) is 0 Å². The van der Waals surface area contributed by atoms with Crippen LogP contribution in [0.25, 0.3) is 11.0 Å². The third kappa shape index (κ3) is 4.80. The zero-order valence-corrected chi connectivity index (χ0v) is 18.9. The highest BCUT2D eigenvalue weighted by Gasteiger charge is 2.33. The van der Waals surface area contributed by atoms with Crippen molar-refractivity contribution >= 4 is 40.0 Å². The fourth-order valence-corrected chi connectivity index (χ4v) is 4.17. The Bertz CT molecular complexity index is 1400. The first kappa shape index (κ1) is 23.1. The van der Waals surface area contributed by atoms with Crippen molar-refractivity contribution in [2.24, 2.45) is 0 Å². The molecule has 1 aromatic carbocycles. The quantitative estimate of drug-likeness (QED) is 0.418. The largest absolute Gasteiger partial charge is 0.433 e. The van der Waals surface area contributed by atoms with E-state index in [1.165, 1.54) is 18.3 Å². The van der Waals surface area contributed by atoms with Crippen molar-refractivity contribution in [2.45, 2.75) is 18.8 Å². The van der Waals surface area contributed by atoms with E-state index in [0.29, 0.717) is 35.1 Å². The molecule has 0 aliphatic carbocycles. The Morgan fingerprint density at radius 2 is 1.94 bits per heavy atom. The molecule has 2 N–H and O–H groups in total. The van der Waals surface area contributed by atoms with Crippen LogP contribution in [0.4, 0.5) is 24.7 Å². The average Bonchev–Trinajstić information content (AvgIpc) is 3.15. The van der Waals surface area contributed by atoms with Crippen molar-refractivity contribution in [1.29, 1.82) is 0 Å². The lowest BCUT2D eigenvalue weighted by molar-refractivity contribution is -0.140. The van der Waals surface area contributed by atoms with Gasteiger partial charge in [0.15, 0.2) is 0 Å². The number of alkyl halides is 3. The molecule has 0 radical (unpaired) electrons. The van der Waals surface area contributed by atoms with Gasteiger partial charge in [-0.2, -0.15) is 13.2 Å². The molecule has 11 heteroatoms. The number of fused-ring (bicyclic) bond motifs is 1. The lowest BCUT2D eigenvalue weighted by Crippen LogP contribution is -2.51. The topological polar surface area (TPSA) is 83.3 Å². The van der Waals surface area contributed by atoms with Crippen molar-refractivity contribution in [3.8, 4) is 0 Å². The zero-order valence-electron chi connectivity index (χ0n) is 18.1. The number of hydrogen-bond donors (Lipinski definition) is 2. The number of anilines is 2. The second-order valence-electron chi connectivity index (χ2n) is 8.26. The predicted octanol–water partition coefficient (Wildman–Crippen LogP) is 4.59. The predicted molar refractivity (Wildman–Crippen MR) is 126 cm³/mol. The van der Waals surface area contributed by atoms with Crippen LogP contribution < -0.4 is 10.2 Å². The van der Waals surface area contributed by atoms with Crippen LogP contribution in [0.5, 0.6) is 0 Å². The molecule has 0 bridgehead atoms. The molecule has 0 spiro atoms. The van der Waals surface area contributed by atoms with E-state index in [1.807, 2.05) is 11.0 Å². The van der Waals surface area contributed by atoms with Gasteiger partial charge in [-0.15, -0.1) is 0 Å². The number of nitrogens with zero attached hydrogens (tertiary/aromatic N) is 4. The Balaban J connectivity index is 1.47. The minimum absolute atomic E-state index is 0.0526. The van der Waals surface area contributed by atoms with Gasteiger partial charge in [-0.3, -0.25) is 4.79 Å². The number of β-amino-alcohol motifs (C(OH)–C–C–N with tert-alkyl or cyclic N) is 1. The number of benzene rings is 1. The first-order valence-electron chi connectivity index (χ1n) is 10.7. The number of aliphatic hydroxyl groups is 1. The maximum Gasteiger partial charge on any atom is 0.433 e. The first-order chi connectivity index (χ1) is 16.7. The van der Waals surface area contributed by atoms with Crippen LogP contribution >= 0.6 is 11.6 Å². The molecule has 1 aliphatic heterocycles. The molecule has 1 fully saturated rings. The molecule has 4 aromatic rings. The Hall–Kier alpha value is -3.63. The molecule has 180 valence electrons. The molecule has 1 saturated heterocycles. The van der Waals surface area contributed by atoms with Gasteiger partial charge in [-0.25, -0.2) is 9.97 Å². The summed E-state index contributed by atoms with van der Waals surface area (Å²) >= 11 is 6.09. The molecular weight excluding hydrogens is 483 g/mol. The van der Waals surface area contributed by atoms with E-state index >= 15 is 0 Å². The van der Waals surface area contributed by atoms with Gasteiger partial charge < -0.3 is 19.9 Å². The average molecular weight is 502 g/mol. The van der Waals surface area contributed by atoms with Crippen LogP contribution in [0.15, 0.2) is 60.8 Å². The molecule has 1 amide bonds. The number of aliphatic hydroxyl groups excluding tert-OH is 1. The monoisotopic (exact) mass is 501 g/mol. The van der Waals surface area contributed by atoms with Crippen LogP contribution in [-0.2, 0) is 12.7 Å². The maximum atomic E-state index is 13.2. The van der Waals surface area contributed by atoms with Gasteiger partial charge in [0.1, 0.15) is 17.2 Å². The molecule has 1 aliphatic rings. The van der Waals surface area contributed by atoms with Gasteiger partial charge in [0.05, 0.1) is 29.0 Å². The number of nitrogens with one attached hydrogen (secondary N) is 1. The van der Waals surface area contributed by atoms with Gasteiger partial charge in [0.2, 0.25) is 0 Å². The van der Waals surface area contributed by atoms with Crippen LogP contribution in [-0.4, -0.2) is 44.7 Å². The zero-order chi connectivity index (χ0) is 24.7. The van der Waals surface area contributed by atoms with E-state index in [0.717, 1.165) is 11.6 Å². The standard InChI is InChI=1S/C24H19ClF3N5O2/c25-15-3-1-2-14(8-15)11-33-19-5-6-21(24(26,27)28)31-18(19)9-20(33)23(35)30-16-4-7-22(29-10-16)32-12-17(34)13-32/h1-10,17,34H,11-13H2,(H,30,35). The van der Waals surface area contributed by atoms with Crippen molar-refractivity contribution in [3.05, 3.63) is 82.8 Å². The Morgan fingerprint density at radius 1 is 1.14 bits per heavy atom. The number of hydrogen-bond acceptors (Lipinski definition) is 5. The number of halogens is 4. The van der Waals surface area contributed by atoms with E-state index < -0.39 is 17.8 Å². The van der Waals surface area contributed by atoms with Crippen molar-refractivity contribution < 1.29 is 23.1 Å². The van der Waals surface area contributed by atoms with Gasteiger partial charge in [0, 0.05) is 24.7 Å². The number of carbonyl (C=O) groups is 1. The van der Waals surface area contributed by atoms with Gasteiger partial charge >= 0.3 is 6.18 Å². The van der Waals surface area contributed by atoms with Crippen LogP contribution in [0.2, 0.25) is 5.02 Å². The van der Waals surface area contributed by atoms with Crippen LogP contribution in [0, 0.1) is 0 Å². The summed E-state index contributed by atoms with van der Waals surface area (Å²) in [7, 11) is 0. The second kappa shape index (κ2) is 8.86. The molecule has 0 unspecified atom stereocenters. The van der Waals surface area contributed by atoms with Crippen molar-refractivity contribution in [2.75, 3.05) is 23.3 Å². The smallest absolute Gasteiger partial charge is 0.389 e. The molecule has 5 rings (SSSR count). The summed E-state index contributed by atoms with van der Waals surface area (Å²) in [5.41, 5.74) is 0.731. The highest BCUT2D eigenvalue weighted by Crippen LogP contribution is 2.31. The highest BCUT2D eigenvalue weighted by atomic mass is 35.5. The summed E-state index contributed by atoms with van der Waals surface area (Å²) in [6, 6.07) is 13.9. The number of aromatic nitrogens is 3. The minimum atomic E-state index is -4.61. The fourth-order valence-electron chi connectivity index (χ4n) is 3.96. The molecule has 7 nitrogen and oxygen atoms in total. The van der Waals surface area contributed by atoms with E-state index in [1.54, 1.807) is 34.9 Å². The van der Waals surface area contributed by atoms with Crippen molar-refractivity contribution in [1.82, 2.24) is 14.5 Å². The summed E-state index contributed by atoms with van der Waals surface area (Å²) in [4.78, 5) is 23.1. The molecule has 35 heavy (non-hydrogen) atoms. The van der Waals surface area contributed by atoms with Crippen molar-refractivity contribution in [3.63, 3.8) is 0 Å². The summed E-state index contributed by atoms with van der Waals surface area (Å²) < 4.78 is 41.2. The second-order valence-corrected chi connectivity index (χ2v) is 8.70. The number of rotatable bonds is 5. The van der Waals surface area contributed by atoms with Gasteiger partial charge in [0.25, 0.3) is 5.91 Å². The van der Waals surface area contributed by atoms with E-state index in [2.05, 4.69) is 15.3 Å². The molecule has 0 atom stereocenters. The molecule has 4 heterocycles. The van der Waals surface area contributed by atoms with E-state index in [9.17, 15) is 23.1 Å². The lowest BCUT2D eigenvalue weighted by Gasteiger charge is -2.36. The maximum absolute atomic E-state index is 13.2. The Labute approximate surface area is 202 Å². The number of amides is 1.